The van der Waals surface area contributed by atoms with Gasteiger partial charge in [-0.2, -0.15) is 0 Å². The largest absolute Gasteiger partial charge is 0.368 e. The Morgan fingerprint density at radius 3 is 2.47 bits per heavy atom. The molecule has 92 valence electrons. The third kappa shape index (κ3) is 2.17. The van der Waals surface area contributed by atoms with Gasteiger partial charge in [0.2, 0.25) is 5.91 Å². The summed E-state index contributed by atoms with van der Waals surface area (Å²) in [6, 6.07) is 7.37. The lowest BCUT2D eigenvalue weighted by molar-refractivity contribution is -0.125. The Balaban J connectivity index is 2.44. The molecular weight excluding hydrogens is 236 g/mol. The molecule has 1 atom stereocenters. The quantitative estimate of drug-likeness (QED) is 0.843. The molecule has 0 heterocycles. The van der Waals surface area contributed by atoms with Crippen molar-refractivity contribution in [3.63, 3.8) is 0 Å². The van der Waals surface area contributed by atoms with Crippen molar-refractivity contribution in [1.82, 2.24) is 5.32 Å². The number of likely N-dealkylation sites (N-methyl/N-ethyl adjacent to an activating group) is 1. The van der Waals surface area contributed by atoms with E-state index in [0.717, 1.165) is 18.4 Å². The van der Waals surface area contributed by atoms with Gasteiger partial charge in [-0.25, -0.2) is 0 Å². The minimum absolute atomic E-state index is 0.302. The summed E-state index contributed by atoms with van der Waals surface area (Å²) < 4.78 is 0. The fourth-order valence-electron chi connectivity index (χ4n) is 2.42. The number of hydrogen-bond donors (Lipinski definition) is 2. The molecule has 1 aliphatic rings. The Morgan fingerprint density at radius 2 is 2.06 bits per heavy atom. The molecule has 1 aromatic carbocycles. The molecule has 1 aliphatic carbocycles. The van der Waals surface area contributed by atoms with Crippen LogP contribution in [0.4, 0.5) is 0 Å². The maximum absolute atomic E-state index is 11.9. The van der Waals surface area contributed by atoms with Crippen molar-refractivity contribution in [3.05, 3.63) is 34.9 Å². The molecule has 1 aromatic rings. The van der Waals surface area contributed by atoms with Gasteiger partial charge in [0, 0.05) is 5.02 Å². The summed E-state index contributed by atoms with van der Waals surface area (Å²) in [5, 5.41) is 3.94. The van der Waals surface area contributed by atoms with E-state index in [9.17, 15) is 4.79 Å². The summed E-state index contributed by atoms with van der Waals surface area (Å²) in [6.45, 7) is 2.69. The van der Waals surface area contributed by atoms with Gasteiger partial charge in [0.25, 0.3) is 0 Å². The van der Waals surface area contributed by atoms with E-state index in [-0.39, 0.29) is 5.91 Å². The molecule has 1 fully saturated rings. The minimum Gasteiger partial charge on any atom is -0.368 e. The number of rotatable bonds is 5. The topological polar surface area (TPSA) is 55.1 Å². The number of halogens is 1. The number of primary amides is 1. The maximum Gasteiger partial charge on any atom is 0.242 e. The van der Waals surface area contributed by atoms with Gasteiger partial charge in [-0.05, 0) is 43.0 Å². The normalized spacial score (nSPS) is 18.7. The first-order valence-electron chi connectivity index (χ1n) is 5.92. The highest BCUT2D eigenvalue weighted by Crippen LogP contribution is 2.45. The van der Waals surface area contributed by atoms with Crippen LogP contribution in [-0.2, 0) is 10.3 Å². The number of nitrogens with one attached hydrogen (secondary N) is 1. The Kier molecular flexibility index (Phi) is 3.40. The molecule has 0 spiro atoms. The Labute approximate surface area is 106 Å². The zero-order valence-corrected chi connectivity index (χ0v) is 10.6. The van der Waals surface area contributed by atoms with E-state index in [1.54, 1.807) is 12.1 Å². The molecule has 1 amide bonds. The Hall–Kier alpha value is -1.06. The standard InChI is InChI=1S/C13H17ClN2O/c1-2-16-13(12(15)17,9-3-4-9)10-5-7-11(14)8-6-10/h5-9,16H,2-4H2,1H3,(H2,15,17). The Morgan fingerprint density at radius 1 is 1.47 bits per heavy atom. The first kappa shape index (κ1) is 12.4. The predicted octanol–water partition coefficient (Wildman–Crippen LogP) is 2.04. The van der Waals surface area contributed by atoms with E-state index in [1.807, 2.05) is 19.1 Å². The smallest absolute Gasteiger partial charge is 0.242 e. The zero-order valence-electron chi connectivity index (χ0n) is 9.87. The van der Waals surface area contributed by atoms with Gasteiger partial charge in [-0.1, -0.05) is 30.7 Å². The van der Waals surface area contributed by atoms with Crippen molar-refractivity contribution >= 4 is 17.5 Å². The molecule has 2 rings (SSSR count). The number of carbonyl (C=O) groups is 1. The number of benzene rings is 1. The number of carbonyl (C=O) groups excluding carboxylic acids is 1. The van der Waals surface area contributed by atoms with E-state index in [4.69, 9.17) is 17.3 Å². The Bertz CT molecular complexity index is 414. The molecule has 4 heteroatoms. The molecule has 0 saturated heterocycles. The van der Waals surface area contributed by atoms with Crippen molar-refractivity contribution in [2.45, 2.75) is 25.3 Å². The molecule has 17 heavy (non-hydrogen) atoms. The van der Waals surface area contributed by atoms with Crippen LogP contribution in [0.15, 0.2) is 24.3 Å². The average molecular weight is 253 g/mol. The fraction of sp³-hybridized carbons (Fsp3) is 0.462. The lowest BCUT2D eigenvalue weighted by Crippen LogP contribution is -2.54. The molecule has 3 N–H and O–H groups in total. The van der Waals surface area contributed by atoms with Crippen LogP contribution < -0.4 is 11.1 Å². The molecular formula is C13H17ClN2O. The summed E-state index contributed by atoms with van der Waals surface area (Å²) in [4.78, 5) is 11.9. The van der Waals surface area contributed by atoms with Crippen LogP contribution in [0, 0.1) is 5.92 Å². The third-order valence-corrected chi connectivity index (χ3v) is 3.59. The van der Waals surface area contributed by atoms with E-state index in [1.165, 1.54) is 0 Å². The second-order valence-corrected chi connectivity index (χ2v) is 4.92. The van der Waals surface area contributed by atoms with Crippen LogP contribution in [0.3, 0.4) is 0 Å². The highest BCUT2D eigenvalue weighted by atomic mass is 35.5. The lowest BCUT2D eigenvalue weighted by Gasteiger charge is -2.32. The first-order chi connectivity index (χ1) is 8.11. The van der Waals surface area contributed by atoms with E-state index < -0.39 is 5.54 Å². The van der Waals surface area contributed by atoms with Crippen molar-refractivity contribution < 1.29 is 4.79 Å². The van der Waals surface area contributed by atoms with Crippen LogP contribution in [0.25, 0.3) is 0 Å². The fourth-order valence-corrected chi connectivity index (χ4v) is 2.55. The van der Waals surface area contributed by atoms with Gasteiger partial charge >= 0.3 is 0 Å². The monoisotopic (exact) mass is 252 g/mol. The van der Waals surface area contributed by atoms with Crippen LogP contribution in [0.5, 0.6) is 0 Å². The van der Waals surface area contributed by atoms with Crippen molar-refractivity contribution in [3.8, 4) is 0 Å². The van der Waals surface area contributed by atoms with Gasteiger partial charge in [0.15, 0.2) is 0 Å². The maximum atomic E-state index is 11.9. The van der Waals surface area contributed by atoms with Crippen LogP contribution >= 0.6 is 11.6 Å². The summed E-state index contributed by atoms with van der Waals surface area (Å²) in [5.41, 5.74) is 5.83. The van der Waals surface area contributed by atoms with E-state index in [2.05, 4.69) is 5.32 Å². The second kappa shape index (κ2) is 4.67. The number of hydrogen-bond acceptors (Lipinski definition) is 2. The summed E-state index contributed by atoms with van der Waals surface area (Å²) in [5.74, 6) is 0.00491. The average Bonchev–Trinajstić information content (AvgIpc) is 3.11. The van der Waals surface area contributed by atoms with Gasteiger partial charge < -0.3 is 5.73 Å². The third-order valence-electron chi connectivity index (χ3n) is 3.33. The molecule has 1 unspecified atom stereocenters. The molecule has 1 saturated carbocycles. The summed E-state index contributed by atoms with van der Waals surface area (Å²) in [7, 11) is 0. The highest BCUT2D eigenvalue weighted by molar-refractivity contribution is 6.30. The van der Waals surface area contributed by atoms with Crippen molar-refractivity contribution in [2.75, 3.05) is 6.54 Å². The minimum atomic E-state index is -0.723. The number of amides is 1. The van der Waals surface area contributed by atoms with Crippen LogP contribution in [0.1, 0.15) is 25.3 Å². The molecule has 0 bridgehead atoms. The van der Waals surface area contributed by atoms with Gasteiger partial charge in [0.05, 0.1) is 0 Å². The highest BCUT2D eigenvalue weighted by Gasteiger charge is 2.50. The molecule has 0 aliphatic heterocycles. The molecule has 3 nitrogen and oxygen atoms in total. The molecule has 0 aromatic heterocycles. The predicted molar refractivity (Wildman–Crippen MR) is 68.7 cm³/mol. The van der Waals surface area contributed by atoms with Crippen LogP contribution in [-0.4, -0.2) is 12.5 Å². The lowest BCUT2D eigenvalue weighted by atomic mass is 9.84. The van der Waals surface area contributed by atoms with Gasteiger partial charge in [0.1, 0.15) is 5.54 Å². The zero-order chi connectivity index (χ0) is 12.5. The SMILES string of the molecule is CCNC(C(N)=O)(c1ccc(Cl)cc1)C1CC1. The van der Waals surface area contributed by atoms with Gasteiger partial charge in [-0.3, -0.25) is 10.1 Å². The second-order valence-electron chi connectivity index (χ2n) is 4.48. The van der Waals surface area contributed by atoms with E-state index in [0.29, 0.717) is 17.5 Å². The van der Waals surface area contributed by atoms with Crippen LogP contribution in [0.2, 0.25) is 5.02 Å². The summed E-state index contributed by atoms with van der Waals surface area (Å²) in [6.07, 6.45) is 2.08. The first-order valence-corrected chi connectivity index (χ1v) is 6.30. The van der Waals surface area contributed by atoms with Crippen molar-refractivity contribution in [2.24, 2.45) is 11.7 Å². The molecule has 0 radical (unpaired) electrons. The van der Waals surface area contributed by atoms with E-state index >= 15 is 0 Å². The van der Waals surface area contributed by atoms with Crippen molar-refractivity contribution in [1.29, 1.82) is 0 Å². The summed E-state index contributed by atoms with van der Waals surface area (Å²) >= 11 is 5.88. The number of nitrogens with two attached hydrogens (primary N) is 1. The van der Waals surface area contributed by atoms with Gasteiger partial charge in [-0.15, -0.1) is 0 Å².